The van der Waals surface area contributed by atoms with E-state index in [4.69, 9.17) is 4.74 Å². The van der Waals surface area contributed by atoms with E-state index in [0.717, 1.165) is 54.6 Å². The van der Waals surface area contributed by atoms with Gasteiger partial charge in [0.1, 0.15) is 11.5 Å². The number of carbonyl (C=O) groups is 1. The van der Waals surface area contributed by atoms with Crippen LogP contribution in [-0.4, -0.2) is 34.5 Å². The smallest absolute Gasteiger partial charge is 0.416 e. The van der Waals surface area contributed by atoms with Gasteiger partial charge in [0.25, 0.3) is 0 Å². The number of fused-ring (bicyclic) bond motifs is 2. The van der Waals surface area contributed by atoms with Crippen LogP contribution >= 0.6 is 0 Å². The Bertz CT molecular complexity index is 1550. The Labute approximate surface area is 237 Å². The number of halogens is 3. The zero-order valence-corrected chi connectivity index (χ0v) is 23.7. The van der Waals surface area contributed by atoms with E-state index in [9.17, 15) is 26.4 Å². The van der Waals surface area contributed by atoms with Crippen molar-refractivity contribution in [3.8, 4) is 11.5 Å². The minimum absolute atomic E-state index is 0.0909. The minimum Gasteiger partial charge on any atom is -0.457 e. The second kappa shape index (κ2) is 11.1. The third kappa shape index (κ3) is 5.98. The Morgan fingerprint density at radius 3 is 2.39 bits per heavy atom. The molecule has 1 fully saturated rings. The molecule has 0 aromatic heterocycles. The summed E-state index contributed by atoms with van der Waals surface area (Å²) in [5, 5.41) is 3.16. The molecule has 1 spiro atoms. The summed E-state index contributed by atoms with van der Waals surface area (Å²) in [5.41, 5.74) is 2.25. The van der Waals surface area contributed by atoms with Gasteiger partial charge in [-0.2, -0.15) is 13.2 Å². The van der Waals surface area contributed by atoms with Crippen LogP contribution < -0.4 is 19.7 Å². The van der Waals surface area contributed by atoms with Crippen molar-refractivity contribution in [3.05, 3.63) is 82.9 Å². The summed E-state index contributed by atoms with van der Waals surface area (Å²) in [7, 11) is -2.16. The molecule has 0 atom stereocenters. The van der Waals surface area contributed by atoms with Crippen molar-refractivity contribution in [2.75, 3.05) is 25.0 Å². The molecule has 1 aliphatic carbocycles. The van der Waals surface area contributed by atoms with Crippen molar-refractivity contribution in [2.45, 2.75) is 55.6 Å². The first kappa shape index (κ1) is 29.1. The molecule has 0 saturated heterocycles. The van der Waals surface area contributed by atoms with Crippen molar-refractivity contribution in [2.24, 2.45) is 0 Å². The zero-order valence-electron chi connectivity index (χ0n) is 22.8. The molecular formula is C30H32F3N3O4S. The van der Waals surface area contributed by atoms with E-state index in [1.165, 1.54) is 25.2 Å². The fourth-order valence-electron chi connectivity index (χ4n) is 5.74. The molecule has 1 amide bonds. The lowest BCUT2D eigenvalue weighted by molar-refractivity contribution is -0.137. The average Bonchev–Trinajstić information content (AvgIpc) is 3.54. The summed E-state index contributed by atoms with van der Waals surface area (Å²) >= 11 is 0. The van der Waals surface area contributed by atoms with Crippen LogP contribution in [0.5, 0.6) is 11.5 Å². The molecule has 0 radical (unpaired) electrons. The molecule has 0 unspecified atom stereocenters. The molecule has 3 aromatic rings. The summed E-state index contributed by atoms with van der Waals surface area (Å²) in [6.07, 6.45) is -0.549. The molecule has 41 heavy (non-hydrogen) atoms. The fourth-order valence-corrected chi connectivity index (χ4v) is 6.47. The highest BCUT2D eigenvalue weighted by molar-refractivity contribution is 7.89. The molecular weight excluding hydrogens is 555 g/mol. The molecule has 1 heterocycles. The number of alkyl halides is 3. The van der Waals surface area contributed by atoms with E-state index in [1.807, 2.05) is 12.1 Å². The number of rotatable bonds is 8. The van der Waals surface area contributed by atoms with Crippen molar-refractivity contribution in [3.63, 3.8) is 0 Å². The standard InChI is InChI=1S/C30H32F3N3O4S/c1-20-5-8-22(30(31,32)33)15-27(20)40-23-9-12-26-25(16-23)29(13-3-4-14-29)19-36(26)28(37)18-35-17-21-6-10-24(11-7-21)41(38,39)34-2/h5-12,15-16,34-35H,3-4,13-14,17-19H2,1-2H3. The van der Waals surface area contributed by atoms with E-state index in [1.54, 1.807) is 30.0 Å². The van der Waals surface area contributed by atoms with Gasteiger partial charge in [0.05, 0.1) is 17.0 Å². The molecule has 1 saturated carbocycles. The van der Waals surface area contributed by atoms with Crippen molar-refractivity contribution >= 4 is 21.6 Å². The van der Waals surface area contributed by atoms with E-state index >= 15 is 0 Å². The molecule has 0 bridgehead atoms. The minimum atomic E-state index is -4.47. The van der Waals surface area contributed by atoms with Gasteiger partial charge in [0, 0.05) is 24.2 Å². The van der Waals surface area contributed by atoms with Crippen LogP contribution in [0.3, 0.4) is 0 Å². The highest BCUT2D eigenvalue weighted by Crippen LogP contribution is 2.51. The monoisotopic (exact) mass is 587 g/mol. The Hall–Kier alpha value is -3.41. The third-order valence-electron chi connectivity index (χ3n) is 8.00. The summed E-state index contributed by atoms with van der Waals surface area (Å²) < 4.78 is 71.9. The number of amides is 1. The van der Waals surface area contributed by atoms with Gasteiger partial charge in [-0.3, -0.25) is 4.79 Å². The summed E-state index contributed by atoms with van der Waals surface area (Å²) in [6, 6.07) is 15.3. The Morgan fingerprint density at radius 2 is 1.73 bits per heavy atom. The number of nitrogens with one attached hydrogen (secondary N) is 2. The molecule has 2 N–H and O–H groups in total. The first-order valence-corrected chi connectivity index (χ1v) is 14.9. The maximum atomic E-state index is 13.4. The van der Waals surface area contributed by atoms with E-state index < -0.39 is 21.8 Å². The van der Waals surface area contributed by atoms with Gasteiger partial charge in [0.2, 0.25) is 15.9 Å². The molecule has 11 heteroatoms. The van der Waals surface area contributed by atoms with Crippen LogP contribution in [0, 0.1) is 6.92 Å². The molecule has 2 aliphatic rings. The topological polar surface area (TPSA) is 87.7 Å². The van der Waals surface area contributed by atoms with Gasteiger partial charge < -0.3 is 15.0 Å². The predicted molar refractivity (Wildman–Crippen MR) is 150 cm³/mol. The highest BCUT2D eigenvalue weighted by atomic mass is 32.2. The van der Waals surface area contributed by atoms with Gasteiger partial charge in [0.15, 0.2) is 0 Å². The lowest BCUT2D eigenvalue weighted by Crippen LogP contribution is -2.40. The summed E-state index contributed by atoms with van der Waals surface area (Å²) in [4.78, 5) is 15.3. The summed E-state index contributed by atoms with van der Waals surface area (Å²) in [6.45, 7) is 2.73. The number of aryl methyl sites for hydroxylation is 1. The van der Waals surface area contributed by atoms with Gasteiger partial charge >= 0.3 is 6.18 Å². The van der Waals surface area contributed by atoms with E-state index in [-0.39, 0.29) is 28.5 Å². The SMILES string of the molecule is CNS(=O)(=O)c1ccc(CNCC(=O)N2CC3(CCCC3)c3cc(Oc4cc(C(F)(F)F)ccc4C)ccc32)cc1. The van der Waals surface area contributed by atoms with Crippen LogP contribution in [0.4, 0.5) is 18.9 Å². The lowest BCUT2D eigenvalue weighted by atomic mass is 9.81. The number of hydrogen-bond acceptors (Lipinski definition) is 5. The number of sulfonamides is 1. The number of hydrogen-bond donors (Lipinski definition) is 2. The van der Waals surface area contributed by atoms with Crippen LogP contribution in [0.1, 0.15) is 47.9 Å². The van der Waals surface area contributed by atoms with Crippen LogP contribution in [0.2, 0.25) is 0 Å². The quantitative estimate of drug-likeness (QED) is 0.355. The maximum absolute atomic E-state index is 13.4. The Kier molecular flexibility index (Phi) is 7.88. The predicted octanol–water partition coefficient (Wildman–Crippen LogP) is 5.66. The number of ether oxygens (including phenoxy) is 1. The number of anilines is 1. The van der Waals surface area contributed by atoms with E-state index in [2.05, 4.69) is 10.0 Å². The summed E-state index contributed by atoms with van der Waals surface area (Å²) in [5.74, 6) is 0.493. The molecule has 218 valence electrons. The van der Waals surface area contributed by atoms with Gasteiger partial charge in [-0.25, -0.2) is 13.1 Å². The number of benzene rings is 3. The third-order valence-corrected chi connectivity index (χ3v) is 9.43. The average molecular weight is 588 g/mol. The van der Waals surface area contributed by atoms with Gasteiger partial charge in [-0.1, -0.05) is 31.0 Å². The van der Waals surface area contributed by atoms with Crippen LogP contribution in [0.25, 0.3) is 0 Å². The van der Waals surface area contributed by atoms with E-state index in [0.29, 0.717) is 24.4 Å². The molecule has 3 aromatic carbocycles. The Balaban J connectivity index is 1.31. The largest absolute Gasteiger partial charge is 0.457 e. The van der Waals surface area contributed by atoms with Gasteiger partial charge in [-0.05, 0) is 86.0 Å². The second-order valence-corrected chi connectivity index (χ2v) is 12.6. The van der Waals surface area contributed by atoms with Crippen LogP contribution in [0.15, 0.2) is 65.6 Å². The molecule has 5 rings (SSSR count). The number of nitrogens with zero attached hydrogens (tertiary/aromatic N) is 1. The highest BCUT2D eigenvalue weighted by Gasteiger charge is 2.46. The second-order valence-electron chi connectivity index (χ2n) is 10.7. The fraction of sp³-hybridized carbons (Fsp3) is 0.367. The normalized spacial score (nSPS) is 16.3. The van der Waals surface area contributed by atoms with Crippen molar-refractivity contribution in [1.29, 1.82) is 0 Å². The van der Waals surface area contributed by atoms with Gasteiger partial charge in [-0.15, -0.1) is 0 Å². The number of carbonyl (C=O) groups excluding carboxylic acids is 1. The van der Waals surface area contributed by atoms with Crippen molar-refractivity contribution in [1.82, 2.24) is 10.0 Å². The Morgan fingerprint density at radius 1 is 1.02 bits per heavy atom. The van der Waals surface area contributed by atoms with Crippen LogP contribution in [-0.2, 0) is 33.0 Å². The first-order chi connectivity index (χ1) is 19.4. The maximum Gasteiger partial charge on any atom is 0.416 e. The zero-order chi connectivity index (χ0) is 29.4. The van der Waals surface area contributed by atoms with Crippen molar-refractivity contribution < 1.29 is 31.1 Å². The molecule has 7 nitrogen and oxygen atoms in total. The first-order valence-electron chi connectivity index (χ1n) is 13.5. The molecule has 1 aliphatic heterocycles. The lowest BCUT2D eigenvalue weighted by Gasteiger charge is -2.25.